The number of nitrogens with zero attached hydrogens (tertiary/aromatic N) is 1. The van der Waals surface area contributed by atoms with Gasteiger partial charge in [-0.3, -0.25) is 4.79 Å². The van der Waals surface area contributed by atoms with Crippen LogP contribution in [-0.2, 0) is 4.79 Å². The summed E-state index contributed by atoms with van der Waals surface area (Å²) in [6, 6.07) is -0.0805. The summed E-state index contributed by atoms with van der Waals surface area (Å²) in [6.07, 6.45) is 4.93. The van der Waals surface area contributed by atoms with E-state index in [0.29, 0.717) is 12.5 Å². The van der Waals surface area contributed by atoms with Crippen LogP contribution in [0.1, 0.15) is 39.0 Å². The van der Waals surface area contributed by atoms with Crippen molar-refractivity contribution in [3.63, 3.8) is 0 Å². The molecule has 2 N–H and O–H groups in total. The molecule has 0 bridgehead atoms. The summed E-state index contributed by atoms with van der Waals surface area (Å²) in [7, 11) is 0. The molecule has 0 aromatic rings. The number of aliphatic carboxylic acids is 1. The van der Waals surface area contributed by atoms with Crippen LogP contribution in [-0.4, -0.2) is 52.1 Å². The molecule has 114 valence electrons. The summed E-state index contributed by atoms with van der Waals surface area (Å²) < 4.78 is 0. The number of nitrogens with one attached hydrogen (secondary N) is 1. The third kappa shape index (κ3) is 4.04. The molecule has 2 amide bonds. The van der Waals surface area contributed by atoms with Gasteiger partial charge < -0.3 is 15.3 Å². The second-order valence-corrected chi connectivity index (χ2v) is 6.95. The Kier molecular flexibility index (Phi) is 5.57. The third-order valence-corrected chi connectivity index (χ3v) is 5.45. The molecule has 1 saturated carbocycles. The molecule has 2 rings (SSSR count). The number of hydrogen-bond acceptors (Lipinski definition) is 3. The van der Waals surface area contributed by atoms with E-state index in [1.807, 2.05) is 0 Å². The zero-order valence-corrected chi connectivity index (χ0v) is 12.8. The van der Waals surface area contributed by atoms with Crippen LogP contribution in [0.15, 0.2) is 0 Å². The van der Waals surface area contributed by atoms with E-state index in [9.17, 15) is 9.59 Å². The van der Waals surface area contributed by atoms with E-state index in [-0.39, 0.29) is 24.5 Å². The summed E-state index contributed by atoms with van der Waals surface area (Å²) in [5.41, 5.74) is 0. The molecule has 2 unspecified atom stereocenters. The summed E-state index contributed by atoms with van der Waals surface area (Å²) in [5, 5.41) is 12.0. The van der Waals surface area contributed by atoms with Crippen LogP contribution in [0.3, 0.4) is 0 Å². The maximum absolute atomic E-state index is 12.4. The normalized spacial score (nSPS) is 25.4. The lowest BCUT2D eigenvalue weighted by Gasteiger charge is -2.36. The average Bonchev–Trinajstić information content (AvgIpc) is 2.92. The molecule has 2 atom stereocenters. The monoisotopic (exact) mass is 300 g/mol. The van der Waals surface area contributed by atoms with E-state index in [0.717, 1.165) is 11.5 Å². The van der Waals surface area contributed by atoms with Crippen molar-refractivity contribution in [2.45, 2.75) is 51.1 Å². The number of carboxylic acids is 1. The lowest BCUT2D eigenvalue weighted by atomic mass is 10.00. The zero-order valence-electron chi connectivity index (χ0n) is 12.0. The topological polar surface area (TPSA) is 69.6 Å². The van der Waals surface area contributed by atoms with Crippen LogP contribution in [0.2, 0.25) is 0 Å². The molecule has 6 heteroatoms. The minimum absolute atomic E-state index is 0.0399. The van der Waals surface area contributed by atoms with Crippen LogP contribution in [0, 0.1) is 5.92 Å². The van der Waals surface area contributed by atoms with Gasteiger partial charge in [-0.1, -0.05) is 12.8 Å². The van der Waals surface area contributed by atoms with Gasteiger partial charge in [0.1, 0.15) is 0 Å². The molecule has 1 heterocycles. The van der Waals surface area contributed by atoms with Gasteiger partial charge in [0.15, 0.2) is 0 Å². The highest BCUT2D eigenvalue weighted by Crippen LogP contribution is 2.28. The summed E-state index contributed by atoms with van der Waals surface area (Å²) in [5.74, 6) is 1.36. The first kappa shape index (κ1) is 15.5. The zero-order chi connectivity index (χ0) is 14.5. The predicted octanol–water partition coefficient (Wildman–Crippen LogP) is 2.17. The number of rotatable bonds is 4. The molecule has 0 spiro atoms. The Hall–Kier alpha value is -0.910. The maximum atomic E-state index is 12.4. The van der Waals surface area contributed by atoms with E-state index in [2.05, 4.69) is 12.2 Å². The Morgan fingerprint density at radius 1 is 1.40 bits per heavy atom. The second-order valence-electron chi connectivity index (χ2n) is 5.80. The van der Waals surface area contributed by atoms with Gasteiger partial charge in [-0.15, -0.1) is 0 Å². The molecule has 20 heavy (non-hydrogen) atoms. The van der Waals surface area contributed by atoms with Crippen LogP contribution < -0.4 is 5.32 Å². The van der Waals surface area contributed by atoms with Crippen molar-refractivity contribution < 1.29 is 14.7 Å². The molecule has 0 radical (unpaired) electrons. The number of urea groups is 1. The number of carbonyl (C=O) groups is 2. The standard InChI is InChI=1S/C14H24N2O3S/c1-10(11-4-2-3-5-11)15-14(19)16-6-7-20-9-12(16)8-13(17)18/h10-12H,2-9H2,1H3,(H,15,19)(H,17,18). The third-order valence-electron chi connectivity index (χ3n) is 4.36. The van der Waals surface area contributed by atoms with Crippen molar-refractivity contribution >= 4 is 23.8 Å². The van der Waals surface area contributed by atoms with Crippen molar-refractivity contribution in [2.75, 3.05) is 18.1 Å². The van der Waals surface area contributed by atoms with Gasteiger partial charge in [0.05, 0.1) is 12.5 Å². The average molecular weight is 300 g/mol. The Morgan fingerprint density at radius 3 is 2.75 bits per heavy atom. The first-order chi connectivity index (χ1) is 9.58. The van der Waals surface area contributed by atoms with Gasteiger partial charge in [0, 0.05) is 24.1 Å². The Bertz CT molecular complexity index is 358. The molecule has 5 nitrogen and oxygen atoms in total. The van der Waals surface area contributed by atoms with E-state index in [1.54, 1.807) is 16.7 Å². The highest BCUT2D eigenvalue weighted by Gasteiger charge is 2.31. The van der Waals surface area contributed by atoms with Crippen LogP contribution in [0.4, 0.5) is 4.79 Å². The van der Waals surface area contributed by atoms with Crippen molar-refractivity contribution in [1.29, 1.82) is 0 Å². The number of amides is 2. The Morgan fingerprint density at radius 2 is 2.10 bits per heavy atom. The van der Waals surface area contributed by atoms with E-state index in [1.165, 1.54) is 25.7 Å². The molecule has 1 aliphatic carbocycles. The lowest BCUT2D eigenvalue weighted by molar-refractivity contribution is -0.138. The first-order valence-corrected chi connectivity index (χ1v) is 8.60. The van der Waals surface area contributed by atoms with Crippen molar-refractivity contribution in [3.8, 4) is 0 Å². The minimum Gasteiger partial charge on any atom is -0.481 e. The number of carbonyl (C=O) groups excluding carboxylic acids is 1. The molecule has 0 aromatic heterocycles. The summed E-state index contributed by atoms with van der Waals surface area (Å²) >= 11 is 1.73. The van der Waals surface area contributed by atoms with Crippen molar-refractivity contribution in [1.82, 2.24) is 10.2 Å². The molecule has 1 saturated heterocycles. The second kappa shape index (κ2) is 7.20. The SMILES string of the molecule is CC(NC(=O)N1CCSCC1CC(=O)O)C1CCCC1. The fourth-order valence-corrected chi connectivity index (χ4v) is 4.21. The molecule has 0 aromatic carbocycles. The fourth-order valence-electron chi connectivity index (χ4n) is 3.15. The Balaban J connectivity index is 1.89. The minimum atomic E-state index is -0.834. The first-order valence-electron chi connectivity index (χ1n) is 7.44. The molecular formula is C14H24N2O3S. The van der Waals surface area contributed by atoms with Gasteiger partial charge >= 0.3 is 12.0 Å². The van der Waals surface area contributed by atoms with Gasteiger partial charge in [0.2, 0.25) is 0 Å². The van der Waals surface area contributed by atoms with E-state index >= 15 is 0 Å². The summed E-state index contributed by atoms with van der Waals surface area (Å²) in [6.45, 7) is 2.71. The maximum Gasteiger partial charge on any atom is 0.317 e. The highest BCUT2D eigenvalue weighted by atomic mass is 32.2. The number of thioether (sulfide) groups is 1. The van der Waals surface area contributed by atoms with Gasteiger partial charge in [-0.05, 0) is 25.7 Å². The van der Waals surface area contributed by atoms with Crippen LogP contribution in [0.25, 0.3) is 0 Å². The van der Waals surface area contributed by atoms with Gasteiger partial charge in [0.25, 0.3) is 0 Å². The van der Waals surface area contributed by atoms with Crippen molar-refractivity contribution in [3.05, 3.63) is 0 Å². The largest absolute Gasteiger partial charge is 0.481 e. The van der Waals surface area contributed by atoms with E-state index < -0.39 is 5.97 Å². The lowest BCUT2D eigenvalue weighted by Crippen LogP contribution is -2.53. The predicted molar refractivity (Wildman–Crippen MR) is 80.0 cm³/mol. The smallest absolute Gasteiger partial charge is 0.317 e. The molecule has 2 aliphatic rings. The van der Waals surface area contributed by atoms with Crippen LogP contribution in [0.5, 0.6) is 0 Å². The van der Waals surface area contributed by atoms with Gasteiger partial charge in [-0.25, -0.2) is 4.79 Å². The highest BCUT2D eigenvalue weighted by molar-refractivity contribution is 7.99. The van der Waals surface area contributed by atoms with E-state index in [4.69, 9.17) is 5.11 Å². The molecular weight excluding hydrogens is 276 g/mol. The molecule has 2 fully saturated rings. The summed E-state index contributed by atoms with van der Waals surface area (Å²) in [4.78, 5) is 25.0. The number of carboxylic acid groups (broad SMARTS) is 1. The Labute approximate surface area is 124 Å². The fraction of sp³-hybridized carbons (Fsp3) is 0.857. The number of hydrogen-bond donors (Lipinski definition) is 2. The molecule has 1 aliphatic heterocycles. The van der Waals surface area contributed by atoms with Gasteiger partial charge in [-0.2, -0.15) is 11.8 Å². The van der Waals surface area contributed by atoms with Crippen molar-refractivity contribution in [2.24, 2.45) is 5.92 Å². The quantitative estimate of drug-likeness (QED) is 0.835. The van der Waals surface area contributed by atoms with Crippen LogP contribution >= 0.6 is 11.8 Å².